The summed E-state index contributed by atoms with van der Waals surface area (Å²) in [6.45, 7) is 7.19. The van der Waals surface area contributed by atoms with Gasteiger partial charge < -0.3 is 4.90 Å². The first kappa shape index (κ1) is 18.2. The summed E-state index contributed by atoms with van der Waals surface area (Å²) in [6.07, 6.45) is 5.05. The highest BCUT2D eigenvalue weighted by atomic mass is 19.1. The van der Waals surface area contributed by atoms with Gasteiger partial charge in [-0.25, -0.2) is 23.1 Å². The molecular weight excluding hydrogens is 341 g/mol. The average Bonchev–Trinajstić information content (AvgIpc) is 3.02. The molecule has 138 valence electrons. The number of imidazole rings is 1. The van der Waals surface area contributed by atoms with Crippen LogP contribution in [0.25, 0.3) is 16.9 Å². The first-order valence-corrected chi connectivity index (χ1v) is 8.71. The molecule has 0 fully saturated rings. The summed E-state index contributed by atoms with van der Waals surface area (Å²) in [5.74, 6) is -1.75. The maximum absolute atomic E-state index is 14.6. The van der Waals surface area contributed by atoms with E-state index >= 15 is 0 Å². The highest BCUT2D eigenvalue weighted by Crippen LogP contribution is 2.37. The second kappa shape index (κ2) is 7.35. The number of hydrogen-bond acceptors (Lipinski definition) is 3. The number of aromatic nitrogens is 3. The normalized spacial score (nSPS) is 11.3. The van der Waals surface area contributed by atoms with Crippen LogP contribution >= 0.6 is 0 Å². The van der Waals surface area contributed by atoms with E-state index in [1.165, 1.54) is 0 Å². The fraction of sp³-hybridized carbons (Fsp3) is 0.368. The van der Waals surface area contributed by atoms with Crippen LogP contribution in [0, 0.1) is 24.4 Å². The molecule has 0 spiro atoms. The highest BCUT2D eigenvalue weighted by Gasteiger charge is 2.25. The van der Waals surface area contributed by atoms with Gasteiger partial charge in [-0.2, -0.15) is 0 Å². The molecule has 0 amide bonds. The molecule has 0 radical (unpaired) electrons. The van der Waals surface area contributed by atoms with Gasteiger partial charge in [0.15, 0.2) is 0 Å². The van der Waals surface area contributed by atoms with Crippen molar-refractivity contribution in [3.05, 3.63) is 47.7 Å². The van der Waals surface area contributed by atoms with Crippen molar-refractivity contribution in [1.82, 2.24) is 14.4 Å². The lowest BCUT2D eigenvalue weighted by Crippen LogP contribution is -2.28. The Morgan fingerprint density at radius 2 is 1.62 bits per heavy atom. The molecule has 0 aliphatic heterocycles. The molecule has 0 aliphatic carbocycles. The quantitative estimate of drug-likeness (QED) is 0.635. The fourth-order valence-electron chi connectivity index (χ4n) is 3.28. The monoisotopic (exact) mass is 362 g/mol. The van der Waals surface area contributed by atoms with E-state index in [2.05, 4.69) is 14.9 Å². The molecule has 2 aromatic heterocycles. The van der Waals surface area contributed by atoms with Crippen LogP contribution in [0.2, 0.25) is 0 Å². The van der Waals surface area contributed by atoms with E-state index < -0.39 is 17.5 Å². The van der Waals surface area contributed by atoms with Gasteiger partial charge in [-0.05, 0) is 19.8 Å². The Morgan fingerprint density at radius 3 is 2.19 bits per heavy atom. The number of halogens is 3. The Labute approximate surface area is 150 Å². The van der Waals surface area contributed by atoms with E-state index in [-0.39, 0.29) is 5.56 Å². The van der Waals surface area contributed by atoms with Gasteiger partial charge in [0.05, 0.1) is 16.8 Å². The van der Waals surface area contributed by atoms with E-state index in [0.29, 0.717) is 48.1 Å². The van der Waals surface area contributed by atoms with Gasteiger partial charge >= 0.3 is 0 Å². The van der Waals surface area contributed by atoms with E-state index in [0.717, 1.165) is 12.8 Å². The lowest BCUT2D eigenvalue weighted by Gasteiger charge is -2.28. The summed E-state index contributed by atoms with van der Waals surface area (Å²) in [5, 5.41) is 0. The standard InChI is InChI=1S/C19H21F3N4/c1-4-7-25(8-5-2)18-16(12(3)24-19-23-6-9-26(18)19)17-14(21)10-13(20)11-15(17)22/h6,9-11H,4-5,7-8H2,1-3H3. The Morgan fingerprint density at radius 1 is 1.00 bits per heavy atom. The first-order valence-electron chi connectivity index (χ1n) is 8.71. The summed E-state index contributed by atoms with van der Waals surface area (Å²) in [5.41, 5.74) is 0.506. The minimum absolute atomic E-state index is 0.265. The lowest BCUT2D eigenvalue weighted by atomic mass is 10.0. The van der Waals surface area contributed by atoms with Crippen molar-refractivity contribution in [2.75, 3.05) is 18.0 Å². The van der Waals surface area contributed by atoms with E-state index in [9.17, 15) is 13.2 Å². The van der Waals surface area contributed by atoms with E-state index in [1.54, 1.807) is 23.7 Å². The molecule has 0 atom stereocenters. The number of anilines is 1. The first-order chi connectivity index (χ1) is 12.5. The molecule has 26 heavy (non-hydrogen) atoms. The number of aryl methyl sites for hydroxylation is 1. The molecule has 0 unspecified atom stereocenters. The van der Waals surface area contributed by atoms with Gasteiger partial charge in [-0.15, -0.1) is 0 Å². The highest BCUT2D eigenvalue weighted by molar-refractivity contribution is 5.80. The molecule has 0 N–H and O–H groups in total. The molecule has 7 heteroatoms. The lowest BCUT2D eigenvalue weighted by molar-refractivity contribution is 0.547. The number of fused-ring (bicyclic) bond motifs is 1. The van der Waals surface area contributed by atoms with Gasteiger partial charge in [-0.1, -0.05) is 13.8 Å². The third kappa shape index (κ3) is 3.13. The van der Waals surface area contributed by atoms with Crippen molar-refractivity contribution < 1.29 is 13.2 Å². The molecular formula is C19H21F3N4. The Bertz CT molecular complexity index is 907. The predicted molar refractivity (Wildman–Crippen MR) is 95.8 cm³/mol. The van der Waals surface area contributed by atoms with Crippen LogP contribution in [-0.4, -0.2) is 27.5 Å². The van der Waals surface area contributed by atoms with Crippen molar-refractivity contribution >= 4 is 11.6 Å². The predicted octanol–water partition coefficient (Wildman–Crippen LogP) is 4.75. The van der Waals surface area contributed by atoms with Crippen molar-refractivity contribution in [2.24, 2.45) is 0 Å². The minimum Gasteiger partial charge on any atom is -0.357 e. The number of rotatable bonds is 6. The zero-order chi connectivity index (χ0) is 18.8. The third-order valence-corrected chi connectivity index (χ3v) is 4.25. The van der Waals surface area contributed by atoms with Crippen LogP contribution in [0.1, 0.15) is 32.4 Å². The summed E-state index contributed by atoms with van der Waals surface area (Å²) in [7, 11) is 0. The van der Waals surface area contributed by atoms with Crippen LogP contribution in [0.5, 0.6) is 0 Å². The summed E-state index contributed by atoms with van der Waals surface area (Å²) in [4.78, 5) is 10.7. The van der Waals surface area contributed by atoms with E-state index in [1.807, 2.05) is 13.8 Å². The maximum atomic E-state index is 14.6. The summed E-state index contributed by atoms with van der Waals surface area (Å²) in [6, 6.07) is 1.40. The molecule has 4 nitrogen and oxygen atoms in total. The molecule has 0 aliphatic rings. The largest absolute Gasteiger partial charge is 0.357 e. The summed E-state index contributed by atoms with van der Waals surface area (Å²) < 4.78 is 44.3. The Kier molecular flexibility index (Phi) is 5.15. The van der Waals surface area contributed by atoms with Crippen molar-refractivity contribution in [2.45, 2.75) is 33.6 Å². The minimum atomic E-state index is -0.946. The average molecular weight is 362 g/mol. The number of nitrogens with zero attached hydrogens (tertiary/aromatic N) is 4. The summed E-state index contributed by atoms with van der Waals surface area (Å²) >= 11 is 0. The van der Waals surface area contributed by atoms with Crippen LogP contribution in [0.3, 0.4) is 0 Å². The van der Waals surface area contributed by atoms with E-state index in [4.69, 9.17) is 0 Å². The van der Waals surface area contributed by atoms with Crippen molar-refractivity contribution in [3.8, 4) is 11.1 Å². The molecule has 2 heterocycles. The van der Waals surface area contributed by atoms with Crippen LogP contribution in [0.4, 0.5) is 19.0 Å². The third-order valence-electron chi connectivity index (χ3n) is 4.25. The van der Waals surface area contributed by atoms with Crippen LogP contribution in [-0.2, 0) is 0 Å². The van der Waals surface area contributed by atoms with Gasteiger partial charge in [0.2, 0.25) is 5.78 Å². The molecule has 3 rings (SSSR count). The van der Waals surface area contributed by atoms with Crippen LogP contribution < -0.4 is 4.90 Å². The van der Waals surface area contributed by atoms with Gasteiger partial charge in [0.1, 0.15) is 23.3 Å². The smallest absolute Gasteiger partial charge is 0.235 e. The second-order valence-electron chi connectivity index (χ2n) is 6.22. The number of hydrogen-bond donors (Lipinski definition) is 0. The van der Waals surface area contributed by atoms with Gasteiger partial charge in [0, 0.05) is 37.6 Å². The zero-order valence-corrected chi connectivity index (χ0v) is 15.1. The molecule has 1 aromatic carbocycles. The molecule has 0 saturated carbocycles. The van der Waals surface area contributed by atoms with Gasteiger partial charge in [-0.3, -0.25) is 4.40 Å². The fourth-order valence-corrected chi connectivity index (χ4v) is 3.28. The molecule has 0 bridgehead atoms. The second-order valence-corrected chi connectivity index (χ2v) is 6.22. The molecule has 3 aromatic rings. The Balaban J connectivity index is 2.38. The van der Waals surface area contributed by atoms with Crippen molar-refractivity contribution in [3.63, 3.8) is 0 Å². The maximum Gasteiger partial charge on any atom is 0.235 e. The topological polar surface area (TPSA) is 33.4 Å². The number of benzene rings is 1. The Hall–Kier alpha value is -2.57. The van der Waals surface area contributed by atoms with Crippen molar-refractivity contribution in [1.29, 1.82) is 0 Å². The van der Waals surface area contributed by atoms with Gasteiger partial charge in [0.25, 0.3) is 0 Å². The SMILES string of the molecule is CCCN(CCC)c1c(-c2c(F)cc(F)cc2F)c(C)nc2nccn12. The van der Waals surface area contributed by atoms with Crippen LogP contribution in [0.15, 0.2) is 24.5 Å². The molecule has 0 saturated heterocycles. The zero-order valence-electron chi connectivity index (χ0n) is 15.1.